The predicted octanol–water partition coefficient (Wildman–Crippen LogP) is 2.47. The van der Waals surface area contributed by atoms with E-state index in [1.807, 2.05) is 41.8 Å². The van der Waals surface area contributed by atoms with Crippen LogP contribution in [0.15, 0.2) is 47.3 Å². The highest BCUT2D eigenvalue weighted by Gasteiger charge is 2.38. The number of carbonyl (C=O) groups excluding carboxylic acids is 2. The third-order valence-electron chi connectivity index (χ3n) is 6.08. The number of carbonyl (C=O) groups is 2. The van der Waals surface area contributed by atoms with Crippen LogP contribution >= 0.6 is 0 Å². The number of likely N-dealkylation sites (tertiary alicyclic amines) is 1. The van der Waals surface area contributed by atoms with Crippen molar-refractivity contribution in [2.24, 2.45) is 5.92 Å². The molecule has 6 nitrogen and oxygen atoms in total. The SMILES string of the molecule is Cc1[nH]c2ccccc2c1C(=O)C(=O)N1C[C@@H]2C[C@H](C1)c1cccc(=O)n1C2. The summed E-state index contributed by atoms with van der Waals surface area (Å²) in [5, 5.41) is 0.785. The molecule has 28 heavy (non-hydrogen) atoms. The molecule has 0 aliphatic carbocycles. The molecule has 3 aromatic rings. The highest BCUT2D eigenvalue weighted by molar-refractivity contribution is 6.45. The fraction of sp³-hybridized carbons (Fsp3) is 0.318. The fourth-order valence-electron chi connectivity index (χ4n) is 4.88. The van der Waals surface area contributed by atoms with Crippen LogP contribution in [0.25, 0.3) is 10.9 Å². The molecule has 142 valence electrons. The number of hydrogen-bond donors (Lipinski definition) is 1. The molecule has 0 saturated carbocycles. The lowest BCUT2D eigenvalue weighted by molar-refractivity contribution is -0.129. The van der Waals surface area contributed by atoms with Crippen LogP contribution in [0.2, 0.25) is 0 Å². The zero-order valence-electron chi connectivity index (χ0n) is 15.6. The smallest absolute Gasteiger partial charge is 0.295 e. The van der Waals surface area contributed by atoms with Gasteiger partial charge in [-0.15, -0.1) is 0 Å². The number of nitrogens with one attached hydrogen (secondary N) is 1. The number of Topliss-reactive ketones (excluding diaryl/α,β-unsaturated/α-hetero) is 1. The molecule has 0 radical (unpaired) electrons. The predicted molar refractivity (Wildman–Crippen MR) is 105 cm³/mol. The van der Waals surface area contributed by atoms with Gasteiger partial charge < -0.3 is 14.5 Å². The molecule has 0 unspecified atom stereocenters. The van der Waals surface area contributed by atoms with Crippen molar-refractivity contribution in [2.75, 3.05) is 13.1 Å². The molecule has 5 rings (SSSR count). The van der Waals surface area contributed by atoms with Gasteiger partial charge in [-0.3, -0.25) is 14.4 Å². The number of aryl methyl sites for hydroxylation is 1. The van der Waals surface area contributed by atoms with E-state index in [9.17, 15) is 14.4 Å². The number of fused-ring (bicyclic) bond motifs is 5. The number of amides is 1. The van der Waals surface area contributed by atoms with E-state index < -0.39 is 11.7 Å². The van der Waals surface area contributed by atoms with E-state index in [1.54, 1.807) is 17.0 Å². The summed E-state index contributed by atoms with van der Waals surface area (Å²) in [6.07, 6.45) is 0.952. The van der Waals surface area contributed by atoms with Crippen LogP contribution in [-0.2, 0) is 11.3 Å². The van der Waals surface area contributed by atoms with Crippen molar-refractivity contribution in [3.63, 3.8) is 0 Å². The van der Waals surface area contributed by atoms with Crippen molar-refractivity contribution in [3.8, 4) is 0 Å². The van der Waals surface area contributed by atoms with Crippen LogP contribution in [0, 0.1) is 12.8 Å². The fourth-order valence-corrected chi connectivity index (χ4v) is 4.88. The number of rotatable bonds is 2. The summed E-state index contributed by atoms with van der Waals surface area (Å²) in [6.45, 7) is 3.43. The first-order valence-electron chi connectivity index (χ1n) is 9.63. The quantitative estimate of drug-likeness (QED) is 0.552. The summed E-state index contributed by atoms with van der Waals surface area (Å²) in [6, 6.07) is 12.9. The average molecular weight is 375 g/mol. The van der Waals surface area contributed by atoms with Gasteiger partial charge in [-0.05, 0) is 31.4 Å². The average Bonchev–Trinajstić information content (AvgIpc) is 3.03. The number of piperidine rings is 1. The number of benzene rings is 1. The largest absolute Gasteiger partial charge is 0.358 e. The van der Waals surface area contributed by atoms with Gasteiger partial charge in [0.05, 0.1) is 5.56 Å². The number of aromatic nitrogens is 2. The van der Waals surface area contributed by atoms with Crippen LogP contribution in [0.5, 0.6) is 0 Å². The van der Waals surface area contributed by atoms with Crippen molar-refractivity contribution < 1.29 is 9.59 Å². The Morgan fingerprint density at radius 3 is 2.71 bits per heavy atom. The molecule has 1 aromatic carbocycles. The van der Waals surface area contributed by atoms with E-state index in [0.29, 0.717) is 30.9 Å². The monoisotopic (exact) mass is 375 g/mol. The Morgan fingerprint density at radius 1 is 1.04 bits per heavy atom. The summed E-state index contributed by atoms with van der Waals surface area (Å²) in [7, 11) is 0. The van der Waals surface area contributed by atoms with E-state index >= 15 is 0 Å². The Hall–Kier alpha value is -3.15. The van der Waals surface area contributed by atoms with Crippen LogP contribution in [-0.4, -0.2) is 39.2 Å². The van der Waals surface area contributed by atoms with Crippen LogP contribution in [0.3, 0.4) is 0 Å². The lowest BCUT2D eigenvalue weighted by Gasteiger charge is -2.42. The number of pyridine rings is 1. The Kier molecular flexibility index (Phi) is 3.75. The van der Waals surface area contributed by atoms with Gasteiger partial charge >= 0.3 is 0 Å². The number of para-hydroxylation sites is 1. The van der Waals surface area contributed by atoms with Gasteiger partial charge in [0.25, 0.3) is 17.2 Å². The molecule has 2 aliphatic heterocycles. The maximum absolute atomic E-state index is 13.1. The van der Waals surface area contributed by atoms with Gasteiger partial charge in [0, 0.05) is 53.9 Å². The number of hydrogen-bond acceptors (Lipinski definition) is 3. The Morgan fingerprint density at radius 2 is 1.86 bits per heavy atom. The molecule has 2 atom stereocenters. The van der Waals surface area contributed by atoms with Gasteiger partial charge in [0.2, 0.25) is 0 Å². The lowest BCUT2D eigenvalue weighted by atomic mass is 9.83. The van der Waals surface area contributed by atoms with Crippen molar-refractivity contribution in [1.29, 1.82) is 0 Å². The molecule has 1 saturated heterocycles. The van der Waals surface area contributed by atoms with Gasteiger partial charge in [0.15, 0.2) is 0 Å². The van der Waals surface area contributed by atoms with Gasteiger partial charge in [-0.1, -0.05) is 24.3 Å². The zero-order chi connectivity index (χ0) is 19.4. The second-order valence-electron chi connectivity index (χ2n) is 7.91. The second-order valence-corrected chi connectivity index (χ2v) is 7.91. The van der Waals surface area contributed by atoms with Crippen molar-refractivity contribution >= 4 is 22.6 Å². The highest BCUT2D eigenvalue weighted by Crippen LogP contribution is 2.35. The molecular weight excluding hydrogens is 354 g/mol. The minimum Gasteiger partial charge on any atom is -0.358 e. The molecule has 2 aliphatic rings. The highest BCUT2D eigenvalue weighted by atomic mass is 16.2. The standard InChI is InChI=1S/C22H21N3O3/c1-13-20(16-5-2-3-6-17(16)23-13)21(27)22(28)24-10-14-9-15(12-24)18-7-4-8-19(26)25(18)11-14/h2-8,14-15,23H,9-12H2,1H3/t14-,15+/m0/s1. The third-order valence-corrected chi connectivity index (χ3v) is 6.08. The maximum Gasteiger partial charge on any atom is 0.295 e. The van der Waals surface area contributed by atoms with Gasteiger partial charge in [0.1, 0.15) is 0 Å². The molecule has 2 bridgehead atoms. The van der Waals surface area contributed by atoms with Crippen molar-refractivity contribution in [2.45, 2.75) is 25.8 Å². The molecule has 1 amide bonds. The molecule has 0 spiro atoms. The first-order chi connectivity index (χ1) is 13.5. The molecule has 6 heteroatoms. The van der Waals surface area contributed by atoms with Crippen LogP contribution < -0.4 is 5.56 Å². The van der Waals surface area contributed by atoms with Crippen LogP contribution in [0.4, 0.5) is 0 Å². The first kappa shape index (κ1) is 17.0. The summed E-state index contributed by atoms with van der Waals surface area (Å²) < 4.78 is 1.83. The third kappa shape index (κ3) is 2.52. The molecule has 2 aromatic heterocycles. The van der Waals surface area contributed by atoms with E-state index in [1.165, 1.54) is 0 Å². The molecule has 4 heterocycles. The minimum absolute atomic E-state index is 0.0115. The van der Waals surface area contributed by atoms with Gasteiger partial charge in [-0.2, -0.15) is 0 Å². The van der Waals surface area contributed by atoms with E-state index in [4.69, 9.17) is 0 Å². The molecular formula is C22H21N3O3. The number of aromatic amines is 1. The summed E-state index contributed by atoms with van der Waals surface area (Å²) in [5.41, 5.74) is 3.02. The van der Waals surface area contributed by atoms with E-state index in [0.717, 1.165) is 23.0 Å². The maximum atomic E-state index is 13.1. The van der Waals surface area contributed by atoms with E-state index in [2.05, 4.69) is 4.98 Å². The summed E-state index contributed by atoms with van der Waals surface area (Å²) in [5.74, 6) is -0.607. The van der Waals surface area contributed by atoms with E-state index in [-0.39, 0.29) is 17.4 Å². The Labute approximate surface area is 161 Å². The molecule has 1 fully saturated rings. The zero-order valence-corrected chi connectivity index (χ0v) is 15.6. The Balaban J connectivity index is 1.46. The van der Waals surface area contributed by atoms with Gasteiger partial charge in [-0.25, -0.2) is 0 Å². The summed E-state index contributed by atoms with van der Waals surface area (Å²) >= 11 is 0. The molecule has 1 N–H and O–H groups in total. The van der Waals surface area contributed by atoms with Crippen molar-refractivity contribution in [3.05, 3.63) is 69.8 Å². The topological polar surface area (TPSA) is 75.2 Å². The lowest BCUT2D eigenvalue weighted by Crippen LogP contribution is -2.50. The number of H-pyrrole nitrogens is 1. The Bertz CT molecular complexity index is 1170. The van der Waals surface area contributed by atoms with Crippen LogP contribution in [0.1, 0.15) is 34.1 Å². The minimum atomic E-state index is -0.458. The second kappa shape index (κ2) is 6.19. The number of ketones is 1. The normalized spacial score (nSPS) is 20.8. The summed E-state index contributed by atoms with van der Waals surface area (Å²) in [4.78, 5) is 43.2. The van der Waals surface area contributed by atoms with Crippen molar-refractivity contribution in [1.82, 2.24) is 14.5 Å². The first-order valence-corrected chi connectivity index (χ1v) is 9.63. The number of nitrogens with zero attached hydrogens (tertiary/aromatic N) is 2.